The highest BCUT2D eigenvalue weighted by atomic mass is 16.6. The first kappa shape index (κ1) is 10.5. The highest BCUT2D eigenvalue weighted by molar-refractivity contribution is 5.74. The third kappa shape index (κ3) is 4.24. The monoisotopic (exact) mass is 186 g/mol. The number of carbonyl (C=O) groups excluding carboxylic acids is 1. The van der Waals surface area contributed by atoms with E-state index in [0.29, 0.717) is 18.9 Å². The fourth-order valence-corrected chi connectivity index (χ4v) is 1.36. The minimum Gasteiger partial charge on any atom is -0.317 e. The molecule has 76 valence electrons. The van der Waals surface area contributed by atoms with Gasteiger partial charge in [0.05, 0.1) is 6.61 Å². The van der Waals surface area contributed by atoms with Gasteiger partial charge in [0.15, 0.2) is 0 Å². The van der Waals surface area contributed by atoms with Crippen molar-refractivity contribution in [1.29, 1.82) is 0 Å². The lowest BCUT2D eigenvalue weighted by molar-refractivity contribution is -0.134. The molecular formula is C9H18N2O2. The second-order valence-electron chi connectivity index (χ2n) is 3.38. The van der Waals surface area contributed by atoms with Crippen LogP contribution in [0.1, 0.15) is 26.2 Å². The SMILES string of the molecule is CCC(=O)NOCC1CCNCC1. The van der Waals surface area contributed by atoms with Gasteiger partial charge in [-0.05, 0) is 31.8 Å². The van der Waals surface area contributed by atoms with E-state index >= 15 is 0 Å². The van der Waals surface area contributed by atoms with Gasteiger partial charge in [-0.1, -0.05) is 6.92 Å². The van der Waals surface area contributed by atoms with Crippen molar-refractivity contribution in [3.63, 3.8) is 0 Å². The van der Waals surface area contributed by atoms with Gasteiger partial charge < -0.3 is 5.32 Å². The zero-order valence-corrected chi connectivity index (χ0v) is 8.14. The Labute approximate surface area is 79.0 Å². The van der Waals surface area contributed by atoms with Crippen molar-refractivity contribution in [3.8, 4) is 0 Å². The topological polar surface area (TPSA) is 50.4 Å². The van der Waals surface area contributed by atoms with E-state index in [4.69, 9.17) is 4.84 Å². The highest BCUT2D eigenvalue weighted by Crippen LogP contribution is 2.10. The number of amides is 1. The van der Waals surface area contributed by atoms with E-state index in [1.165, 1.54) is 0 Å². The molecule has 0 aromatic rings. The molecule has 1 aliphatic rings. The number of hydrogen-bond acceptors (Lipinski definition) is 3. The molecule has 1 heterocycles. The van der Waals surface area contributed by atoms with E-state index in [9.17, 15) is 4.79 Å². The van der Waals surface area contributed by atoms with Crippen molar-refractivity contribution in [1.82, 2.24) is 10.8 Å². The van der Waals surface area contributed by atoms with E-state index in [-0.39, 0.29) is 5.91 Å². The third-order valence-corrected chi connectivity index (χ3v) is 2.28. The Hall–Kier alpha value is -0.610. The van der Waals surface area contributed by atoms with Gasteiger partial charge >= 0.3 is 0 Å². The smallest absolute Gasteiger partial charge is 0.243 e. The lowest BCUT2D eigenvalue weighted by Crippen LogP contribution is -2.32. The molecule has 1 saturated heterocycles. The molecule has 0 aliphatic carbocycles. The first-order chi connectivity index (χ1) is 6.33. The minimum atomic E-state index is -0.0473. The molecule has 0 radical (unpaired) electrons. The Morgan fingerprint density at radius 3 is 2.85 bits per heavy atom. The molecule has 0 spiro atoms. The van der Waals surface area contributed by atoms with Gasteiger partial charge in [0.2, 0.25) is 5.91 Å². The lowest BCUT2D eigenvalue weighted by Gasteiger charge is -2.21. The van der Waals surface area contributed by atoms with E-state index in [1.807, 2.05) is 6.92 Å². The van der Waals surface area contributed by atoms with Gasteiger partial charge in [0, 0.05) is 6.42 Å². The fourth-order valence-electron chi connectivity index (χ4n) is 1.36. The van der Waals surface area contributed by atoms with Crippen molar-refractivity contribution in [2.75, 3.05) is 19.7 Å². The largest absolute Gasteiger partial charge is 0.317 e. The van der Waals surface area contributed by atoms with E-state index in [2.05, 4.69) is 10.8 Å². The van der Waals surface area contributed by atoms with Crippen molar-refractivity contribution in [2.24, 2.45) is 5.92 Å². The Kier molecular flexibility index (Phi) is 4.78. The quantitative estimate of drug-likeness (QED) is 0.626. The third-order valence-electron chi connectivity index (χ3n) is 2.28. The number of carbonyl (C=O) groups is 1. The van der Waals surface area contributed by atoms with Crippen molar-refractivity contribution < 1.29 is 9.63 Å². The Bertz CT molecular complexity index is 156. The zero-order valence-electron chi connectivity index (χ0n) is 8.14. The van der Waals surface area contributed by atoms with Crippen LogP contribution in [0.4, 0.5) is 0 Å². The van der Waals surface area contributed by atoms with Gasteiger partial charge in [0.25, 0.3) is 0 Å². The van der Waals surface area contributed by atoms with Crippen molar-refractivity contribution >= 4 is 5.91 Å². The molecule has 0 unspecified atom stereocenters. The van der Waals surface area contributed by atoms with Crippen LogP contribution in [0.25, 0.3) is 0 Å². The van der Waals surface area contributed by atoms with E-state index in [0.717, 1.165) is 25.9 Å². The predicted octanol–water partition coefficient (Wildman–Crippen LogP) is 0.444. The van der Waals surface area contributed by atoms with Crippen LogP contribution in [0.3, 0.4) is 0 Å². The molecule has 1 amide bonds. The van der Waals surface area contributed by atoms with Crippen LogP contribution in [0.15, 0.2) is 0 Å². The maximum absolute atomic E-state index is 10.8. The van der Waals surface area contributed by atoms with Gasteiger partial charge in [-0.2, -0.15) is 0 Å². The summed E-state index contributed by atoms with van der Waals surface area (Å²) in [6.45, 7) is 4.59. The van der Waals surface area contributed by atoms with Crippen LogP contribution < -0.4 is 10.8 Å². The molecule has 2 N–H and O–H groups in total. The number of rotatable bonds is 4. The minimum absolute atomic E-state index is 0.0473. The molecule has 0 bridgehead atoms. The summed E-state index contributed by atoms with van der Waals surface area (Å²) < 4.78 is 0. The lowest BCUT2D eigenvalue weighted by atomic mass is 10.00. The van der Waals surface area contributed by atoms with Crippen LogP contribution in [0, 0.1) is 5.92 Å². The van der Waals surface area contributed by atoms with Crippen LogP contribution in [-0.2, 0) is 9.63 Å². The number of hydrogen-bond donors (Lipinski definition) is 2. The summed E-state index contributed by atoms with van der Waals surface area (Å²) in [5.74, 6) is 0.548. The summed E-state index contributed by atoms with van der Waals surface area (Å²) in [6.07, 6.45) is 2.76. The summed E-state index contributed by atoms with van der Waals surface area (Å²) >= 11 is 0. The summed E-state index contributed by atoms with van der Waals surface area (Å²) in [6, 6.07) is 0. The van der Waals surface area contributed by atoms with Crippen LogP contribution in [0.2, 0.25) is 0 Å². The Balaban J connectivity index is 2.01. The number of piperidine rings is 1. The summed E-state index contributed by atoms with van der Waals surface area (Å²) in [5.41, 5.74) is 2.42. The first-order valence-corrected chi connectivity index (χ1v) is 4.94. The molecule has 0 saturated carbocycles. The van der Waals surface area contributed by atoms with Crippen molar-refractivity contribution in [2.45, 2.75) is 26.2 Å². The molecule has 4 heteroatoms. The van der Waals surface area contributed by atoms with Crippen LogP contribution in [0.5, 0.6) is 0 Å². The zero-order chi connectivity index (χ0) is 9.52. The Morgan fingerprint density at radius 2 is 2.23 bits per heavy atom. The van der Waals surface area contributed by atoms with Gasteiger partial charge in [-0.25, -0.2) is 5.48 Å². The Morgan fingerprint density at radius 1 is 1.54 bits per heavy atom. The normalized spacial score (nSPS) is 18.5. The second kappa shape index (κ2) is 5.94. The molecule has 4 nitrogen and oxygen atoms in total. The average Bonchev–Trinajstić information content (AvgIpc) is 2.19. The van der Waals surface area contributed by atoms with E-state index in [1.54, 1.807) is 0 Å². The summed E-state index contributed by atoms with van der Waals surface area (Å²) in [5, 5.41) is 3.28. The molecule has 1 aliphatic heterocycles. The molecule has 0 aromatic heterocycles. The maximum atomic E-state index is 10.8. The fraction of sp³-hybridized carbons (Fsp3) is 0.889. The second-order valence-corrected chi connectivity index (χ2v) is 3.38. The molecular weight excluding hydrogens is 168 g/mol. The average molecular weight is 186 g/mol. The highest BCUT2D eigenvalue weighted by Gasteiger charge is 2.13. The van der Waals surface area contributed by atoms with Gasteiger partial charge in [-0.15, -0.1) is 0 Å². The molecule has 1 fully saturated rings. The molecule has 0 aromatic carbocycles. The number of hydroxylamine groups is 1. The van der Waals surface area contributed by atoms with Gasteiger partial charge in [0.1, 0.15) is 0 Å². The summed E-state index contributed by atoms with van der Waals surface area (Å²) in [4.78, 5) is 15.9. The number of nitrogens with one attached hydrogen (secondary N) is 2. The predicted molar refractivity (Wildman–Crippen MR) is 50.0 cm³/mol. The maximum Gasteiger partial charge on any atom is 0.243 e. The molecule has 13 heavy (non-hydrogen) atoms. The van der Waals surface area contributed by atoms with E-state index < -0.39 is 0 Å². The van der Waals surface area contributed by atoms with Crippen molar-refractivity contribution in [3.05, 3.63) is 0 Å². The van der Waals surface area contributed by atoms with Gasteiger partial charge in [-0.3, -0.25) is 9.63 Å². The summed E-state index contributed by atoms with van der Waals surface area (Å²) in [7, 11) is 0. The van der Waals surface area contributed by atoms with Crippen LogP contribution in [-0.4, -0.2) is 25.6 Å². The first-order valence-electron chi connectivity index (χ1n) is 4.94. The van der Waals surface area contributed by atoms with Crippen LogP contribution >= 0.6 is 0 Å². The molecule has 0 atom stereocenters. The molecule has 1 rings (SSSR count). The standard InChI is InChI=1S/C9H18N2O2/c1-2-9(12)11-13-7-8-3-5-10-6-4-8/h8,10H,2-7H2,1H3,(H,11,12).